The Bertz CT molecular complexity index is 1420. The molecule has 5 nitrogen and oxygen atoms in total. The average molecular weight is 497 g/mol. The van der Waals surface area contributed by atoms with Crippen LogP contribution in [0, 0.1) is 6.92 Å². The summed E-state index contributed by atoms with van der Waals surface area (Å²) in [5.74, 6) is 0. The first-order valence-corrected chi connectivity index (χ1v) is 13.5. The lowest BCUT2D eigenvalue weighted by Gasteiger charge is -2.32. The van der Waals surface area contributed by atoms with Crippen molar-refractivity contribution < 1.29 is 4.79 Å². The van der Waals surface area contributed by atoms with Crippen molar-refractivity contribution in [2.75, 3.05) is 24.3 Å². The fraction of sp³-hybridized carbons (Fsp3) is 0.300. The Balaban J connectivity index is 1.49. The van der Waals surface area contributed by atoms with Crippen LogP contribution in [0.25, 0.3) is 5.00 Å². The zero-order valence-electron chi connectivity index (χ0n) is 21.1. The normalized spacial score (nSPS) is 16.5. The highest BCUT2D eigenvalue weighted by Crippen LogP contribution is 2.44. The number of fused-ring (bicyclic) bond motifs is 5. The Labute approximate surface area is 217 Å². The molecule has 6 heteroatoms. The maximum absolute atomic E-state index is 14.1. The number of carbonyl (C=O) groups excluding carboxylic acids is 1. The highest BCUT2D eigenvalue weighted by atomic mass is 32.1. The van der Waals surface area contributed by atoms with Gasteiger partial charge in [0.25, 0.3) is 0 Å². The van der Waals surface area contributed by atoms with Gasteiger partial charge in [-0.3, -0.25) is 0 Å². The third-order valence-corrected chi connectivity index (χ3v) is 8.89. The zero-order chi connectivity index (χ0) is 24.8. The van der Waals surface area contributed by atoms with Gasteiger partial charge in [0.1, 0.15) is 5.00 Å². The molecule has 2 amide bonds. The van der Waals surface area contributed by atoms with E-state index in [-0.39, 0.29) is 12.1 Å². The zero-order valence-corrected chi connectivity index (χ0v) is 21.9. The number of para-hydroxylation sites is 1. The second-order valence-electron chi connectivity index (χ2n) is 10.1. The number of carbonyl (C=O) groups is 1. The van der Waals surface area contributed by atoms with Gasteiger partial charge >= 0.3 is 6.03 Å². The molecule has 2 aromatic heterocycles. The Morgan fingerprint density at radius 1 is 0.972 bits per heavy atom. The first-order chi connectivity index (χ1) is 17.5. The van der Waals surface area contributed by atoms with E-state index in [0.717, 1.165) is 41.0 Å². The van der Waals surface area contributed by atoms with Gasteiger partial charge in [-0.25, -0.2) is 4.79 Å². The van der Waals surface area contributed by atoms with Gasteiger partial charge in [0.15, 0.2) is 0 Å². The first-order valence-electron chi connectivity index (χ1n) is 12.7. The predicted octanol–water partition coefficient (Wildman–Crippen LogP) is 6.93. The van der Waals surface area contributed by atoms with E-state index in [1.165, 1.54) is 33.8 Å². The summed E-state index contributed by atoms with van der Waals surface area (Å²) < 4.78 is 2.34. The van der Waals surface area contributed by atoms with Crippen molar-refractivity contribution in [3.05, 3.63) is 99.7 Å². The minimum absolute atomic E-state index is 0.0673. The van der Waals surface area contributed by atoms with E-state index in [1.807, 2.05) is 47.4 Å². The van der Waals surface area contributed by atoms with E-state index in [0.29, 0.717) is 6.54 Å². The van der Waals surface area contributed by atoms with E-state index in [4.69, 9.17) is 0 Å². The molecular formula is C30H32N4OS. The smallest absolute Gasteiger partial charge is 0.322 e. The van der Waals surface area contributed by atoms with Gasteiger partial charge in [-0.05, 0) is 79.6 Å². The molecule has 0 unspecified atom stereocenters. The highest BCUT2D eigenvalue weighted by molar-refractivity contribution is 7.15. The number of aromatic nitrogens is 1. The molecular weight excluding hydrogens is 464 g/mol. The van der Waals surface area contributed by atoms with E-state index in [2.05, 4.69) is 71.5 Å². The monoisotopic (exact) mass is 496 g/mol. The molecule has 0 saturated carbocycles. The molecule has 1 aliphatic heterocycles. The molecule has 3 heterocycles. The molecule has 2 aliphatic rings. The Morgan fingerprint density at radius 2 is 1.75 bits per heavy atom. The molecule has 2 aromatic carbocycles. The van der Waals surface area contributed by atoms with Crippen LogP contribution in [0.4, 0.5) is 16.2 Å². The van der Waals surface area contributed by atoms with E-state index in [9.17, 15) is 4.79 Å². The van der Waals surface area contributed by atoms with Crippen molar-refractivity contribution >= 4 is 28.7 Å². The quantitative estimate of drug-likeness (QED) is 0.334. The molecule has 1 atom stereocenters. The van der Waals surface area contributed by atoms with Gasteiger partial charge in [0, 0.05) is 42.1 Å². The summed E-state index contributed by atoms with van der Waals surface area (Å²) in [6.45, 7) is 2.63. The molecule has 36 heavy (non-hydrogen) atoms. The lowest BCUT2D eigenvalue weighted by molar-refractivity contribution is 0.194. The van der Waals surface area contributed by atoms with Crippen LogP contribution in [0.2, 0.25) is 0 Å². The van der Waals surface area contributed by atoms with Gasteiger partial charge < -0.3 is 19.7 Å². The molecule has 6 rings (SSSR count). The number of anilines is 2. The average Bonchev–Trinajstić information content (AvgIpc) is 3.47. The highest BCUT2D eigenvalue weighted by Gasteiger charge is 2.36. The van der Waals surface area contributed by atoms with Crippen LogP contribution >= 0.6 is 11.3 Å². The number of hydrogen-bond acceptors (Lipinski definition) is 3. The standard InChI is InChI=1S/C30H32N4OS/c1-20-9-4-6-11-25(20)31-30(35)34-19-24-23-10-5-7-13-27(23)36-29(24)33-18-8-12-26(33)28(34)21-14-16-22(17-15-21)32(2)3/h4,6,8-9,11-12,14-18,28H,5,7,10,13,19H2,1-3H3,(H,31,35)/t28-/m1/s1. The molecule has 0 bridgehead atoms. The lowest BCUT2D eigenvalue weighted by atomic mass is 9.95. The Morgan fingerprint density at radius 3 is 2.53 bits per heavy atom. The predicted molar refractivity (Wildman–Crippen MR) is 149 cm³/mol. The third-order valence-electron chi connectivity index (χ3n) is 7.55. The van der Waals surface area contributed by atoms with Gasteiger partial charge in [0.05, 0.1) is 18.3 Å². The number of aryl methyl sites for hydroxylation is 2. The van der Waals surface area contributed by atoms with Crippen molar-refractivity contribution in [1.82, 2.24) is 9.47 Å². The van der Waals surface area contributed by atoms with Crippen LogP contribution in [-0.4, -0.2) is 29.6 Å². The minimum Gasteiger partial charge on any atom is -0.378 e. The number of rotatable bonds is 3. The maximum atomic E-state index is 14.1. The lowest BCUT2D eigenvalue weighted by Crippen LogP contribution is -2.38. The van der Waals surface area contributed by atoms with E-state index in [1.54, 1.807) is 0 Å². The summed E-state index contributed by atoms with van der Waals surface area (Å²) in [6.07, 6.45) is 6.89. The summed E-state index contributed by atoms with van der Waals surface area (Å²) in [7, 11) is 4.10. The topological polar surface area (TPSA) is 40.5 Å². The molecule has 0 spiro atoms. The number of hydrogen-bond donors (Lipinski definition) is 1. The van der Waals surface area contributed by atoms with Crippen molar-refractivity contribution in [1.29, 1.82) is 0 Å². The summed E-state index contributed by atoms with van der Waals surface area (Å²) >= 11 is 1.92. The molecule has 4 aromatic rings. The van der Waals surface area contributed by atoms with E-state index >= 15 is 0 Å². The number of thiophene rings is 1. The molecule has 1 N–H and O–H groups in total. The van der Waals surface area contributed by atoms with Crippen molar-refractivity contribution in [2.45, 2.75) is 45.2 Å². The number of amides is 2. The van der Waals surface area contributed by atoms with Crippen molar-refractivity contribution in [2.24, 2.45) is 0 Å². The number of urea groups is 1. The maximum Gasteiger partial charge on any atom is 0.322 e. The first kappa shape index (κ1) is 22.9. The van der Waals surface area contributed by atoms with Crippen molar-refractivity contribution in [3.63, 3.8) is 0 Å². The summed E-state index contributed by atoms with van der Waals surface area (Å²) in [5.41, 5.74) is 8.10. The van der Waals surface area contributed by atoms with Gasteiger partial charge in [-0.2, -0.15) is 0 Å². The van der Waals surface area contributed by atoms with Crippen LogP contribution < -0.4 is 10.2 Å². The van der Waals surface area contributed by atoms with Crippen LogP contribution in [0.3, 0.4) is 0 Å². The second kappa shape index (κ2) is 9.17. The van der Waals surface area contributed by atoms with E-state index < -0.39 is 0 Å². The molecule has 0 radical (unpaired) electrons. The summed E-state index contributed by atoms with van der Waals surface area (Å²) in [6, 6.07) is 20.6. The Kier molecular flexibility index (Phi) is 5.84. The van der Waals surface area contributed by atoms with Crippen LogP contribution in [0.1, 0.15) is 51.7 Å². The fourth-order valence-corrected chi connectivity index (χ4v) is 7.00. The number of nitrogens with one attached hydrogen (secondary N) is 1. The van der Waals surface area contributed by atoms with Gasteiger partial charge in [0.2, 0.25) is 0 Å². The molecule has 0 fully saturated rings. The summed E-state index contributed by atoms with van der Waals surface area (Å²) in [4.78, 5) is 19.7. The summed E-state index contributed by atoms with van der Waals surface area (Å²) in [5, 5.41) is 4.52. The Hall–Kier alpha value is -3.51. The largest absolute Gasteiger partial charge is 0.378 e. The SMILES string of the molecule is Cc1ccccc1NC(=O)N1Cc2c(sc3c2CCCC3)-n2cccc2[C@H]1c1ccc(N(C)C)cc1. The molecule has 0 saturated heterocycles. The van der Waals surface area contributed by atoms with Gasteiger partial charge in [-0.1, -0.05) is 30.3 Å². The second-order valence-corrected chi connectivity index (χ2v) is 11.1. The van der Waals surface area contributed by atoms with Crippen LogP contribution in [0.15, 0.2) is 66.9 Å². The number of benzene rings is 2. The minimum atomic E-state index is -0.195. The third kappa shape index (κ3) is 3.90. The van der Waals surface area contributed by atoms with Crippen LogP contribution in [0.5, 0.6) is 0 Å². The number of nitrogens with zero attached hydrogens (tertiary/aromatic N) is 3. The van der Waals surface area contributed by atoms with Crippen LogP contribution in [-0.2, 0) is 19.4 Å². The fourth-order valence-electron chi connectivity index (χ4n) is 5.59. The molecule has 1 aliphatic carbocycles. The van der Waals surface area contributed by atoms with Gasteiger partial charge in [-0.15, -0.1) is 11.3 Å². The van der Waals surface area contributed by atoms with Crippen molar-refractivity contribution in [3.8, 4) is 5.00 Å². The molecule has 184 valence electrons.